The average molecular weight is 397 g/mol. The predicted molar refractivity (Wildman–Crippen MR) is 111 cm³/mol. The fourth-order valence-electron chi connectivity index (χ4n) is 5.41. The van der Waals surface area contributed by atoms with Gasteiger partial charge in [-0.1, -0.05) is 29.8 Å². The third kappa shape index (κ3) is 3.37. The van der Waals surface area contributed by atoms with Crippen LogP contribution >= 0.6 is 0 Å². The minimum atomic E-state index is -0.329. The molecule has 1 aromatic carbocycles. The van der Waals surface area contributed by atoms with Crippen molar-refractivity contribution in [1.29, 1.82) is 0 Å². The van der Waals surface area contributed by atoms with Crippen molar-refractivity contribution in [3.63, 3.8) is 0 Å². The average Bonchev–Trinajstić information content (AvgIpc) is 3.63. The van der Waals surface area contributed by atoms with Gasteiger partial charge in [-0.25, -0.2) is 0 Å². The molecule has 0 aromatic heterocycles. The Balaban J connectivity index is 1.37. The number of rotatable bonds is 3. The van der Waals surface area contributed by atoms with E-state index in [1.165, 1.54) is 11.1 Å². The highest BCUT2D eigenvalue weighted by molar-refractivity contribution is 5.91. The molecule has 2 heterocycles. The molecule has 5 nitrogen and oxygen atoms in total. The normalized spacial score (nSPS) is 25.6. The smallest absolute Gasteiger partial charge is 0.233 e. The molecule has 0 unspecified atom stereocenters. The number of nitrogens with zero attached hydrogens (tertiary/aromatic N) is 2. The molecule has 2 aliphatic carbocycles. The van der Waals surface area contributed by atoms with Crippen LogP contribution in [0.25, 0.3) is 0 Å². The van der Waals surface area contributed by atoms with Crippen LogP contribution in [-0.4, -0.2) is 60.0 Å². The van der Waals surface area contributed by atoms with Gasteiger partial charge in [0, 0.05) is 44.3 Å². The van der Waals surface area contributed by atoms with Crippen molar-refractivity contribution < 1.29 is 14.3 Å². The van der Waals surface area contributed by atoms with E-state index in [1.807, 2.05) is 0 Å². The van der Waals surface area contributed by atoms with Crippen LogP contribution in [0.5, 0.6) is 0 Å². The van der Waals surface area contributed by atoms with E-state index >= 15 is 0 Å². The molecule has 0 bridgehead atoms. The van der Waals surface area contributed by atoms with Crippen LogP contribution in [0.15, 0.2) is 24.3 Å². The second kappa shape index (κ2) is 7.12. The van der Waals surface area contributed by atoms with E-state index in [2.05, 4.69) is 41.0 Å². The van der Waals surface area contributed by atoms with Crippen LogP contribution in [0.2, 0.25) is 0 Å². The Morgan fingerprint density at radius 1 is 1.00 bits per heavy atom. The molecule has 2 saturated heterocycles. The van der Waals surface area contributed by atoms with Crippen LogP contribution in [0.1, 0.15) is 56.1 Å². The molecule has 1 aromatic rings. The molecule has 1 spiro atoms. The van der Waals surface area contributed by atoms with E-state index in [4.69, 9.17) is 4.74 Å². The first-order valence-electron chi connectivity index (χ1n) is 11.3. The van der Waals surface area contributed by atoms with Gasteiger partial charge in [-0.3, -0.25) is 9.59 Å². The summed E-state index contributed by atoms with van der Waals surface area (Å²) in [5.74, 6) is 0.811. The fraction of sp³-hybridized carbons (Fsp3) is 0.667. The van der Waals surface area contributed by atoms with Gasteiger partial charge in [0.2, 0.25) is 11.8 Å². The summed E-state index contributed by atoms with van der Waals surface area (Å²) in [6.45, 7) is 5.61. The monoisotopic (exact) mass is 396 g/mol. The highest BCUT2D eigenvalue weighted by atomic mass is 16.5. The minimum Gasteiger partial charge on any atom is -0.381 e. The summed E-state index contributed by atoms with van der Waals surface area (Å²) in [5.41, 5.74) is 1.93. The second-order valence-electron chi connectivity index (χ2n) is 9.59. The first-order valence-corrected chi connectivity index (χ1v) is 11.3. The molecular formula is C24H32N2O3. The van der Waals surface area contributed by atoms with E-state index in [1.54, 1.807) is 0 Å². The molecule has 156 valence electrons. The Morgan fingerprint density at radius 3 is 2.41 bits per heavy atom. The molecule has 5 heteroatoms. The van der Waals surface area contributed by atoms with Gasteiger partial charge in [0.1, 0.15) is 0 Å². The third-order valence-corrected chi connectivity index (χ3v) is 7.65. The lowest BCUT2D eigenvalue weighted by atomic mass is 9.84. The molecule has 0 radical (unpaired) electrons. The van der Waals surface area contributed by atoms with E-state index in [0.29, 0.717) is 19.0 Å². The maximum absolute atomic E-state index is 13.6. The van der Waals surface area contributed by atoms with E-state index in [0.717, 1.165) is 64.7 Å². The maximum Gasteiger partial charge on any atom is 0.233 e. The Labute approximate surface area is 173 Å². The van der Waals surface area contributed by atoms with Gasteiger partial charge in [-0.15, -0.1) is 0 Å². The van der Waals surface area contributed by atoms with Gasteiger partial charge < -0.3 is 14.5 Å². The molecular weight excluding hydrogens is 364 g/mol. The van der Waals surface area contributed by atoms with Crippen LogP contribution < -0.4 is 0 Å². The summed E-state index contributed by atoms with van der Waals surface area (Å²) in [4.78, 5) is 31.0. The summed E-state index contributed by atoms with van der Waals surface area (Å²) in [7, 11) is 0. The van der Waals surface area contributed by atoms with Gasteiger partial charge in [-0.2, -0.15) is 0 Å². The number of hydrogen-bond acceptors (Lipinski definition) is 3. The summed E-state index contributed by atoms with van der Waals surface area (Å²) in [6, 6.07) is 8.43. The van der Waals surface area contributed by atoms with E-state index in [-0.39, 0.29) is 22.8 Å². The lowest BCUT2D eigenvalue weighted by molar-refractivity contribution is -0.143. The van der Waals surface area contributed by atoms with Gasteiger partial charge in [0.05, 0.1) is 5.41 Å². The van der Waals surface area contributed by atoms with Crippen LogP contribution in [0.4, 0.5) is 0 Å². The van der Waals surface area contributed by atoms with Gasteiger partial charge >= 0.3 is 0 Å². The van der Waals surface area contributed by atoms with Crippen molar-refractivity contribution in [3.05, 3.63) is 35.4 Å². The van der Waals surface area contributed by atoms with Crippen molar-refractivity contribution in [1.82, 2.24) is 9.80 Å². The first kappa shape index (κ1) is 19.1. The van der Waals surface area contributed by atoms with E-state index < -0.39 is 0 Å². The zero-order chi connectivity index (χ0) is 20.1. The fourth-order valence-corrected chi connectivity index (χ4v) is 5.41. The zero-order valence-corrected chi connectivity index (χ0v) is 17.5. The Morgan fingerprint density at radius 2 is 1.76 bits per heavy atom. The summed E-state index contributed by atoms with van der Waals surface area (Å²) >= 11 is 0. The first-order chi connectivity index (χ1) is 14.0. The zero-order valence-electron chi connectivity index (χ0n) is 17.5. The Kier molecular flexibility index (Phi) is 4.69. The van der Waals surface area contributed by atoms with E-state index in [9.17, 15) is 9.59 Å². The molecule has 2 saturated carbocycles. The molecule has 29 heavy (non-hydrogen) atoms. The van der Waals surface area contributed by atoms with Crippen molar-refractivity contribution in [2.24, 2.45) is 5.92 Å². The number of hydrogen-bond donors (Lipinski definition) is 0. The number of carbonyl (C=O) groups excluding carboxylic acids is 2. The second-order valence-corrected chi connectivity index (χ2v) is 9.59. The molecule has 4 fully saturated rings. The largest absolute Gasteiger partial charge is 0.381 e. The van der Waals surface area contributed by atoms with Crippen LogP contribution in [0, 0.1) is 12.8 Å². The van der Waals surface area contributed by atoms with Crippen LogP contribution in [-0.2, 0) is 19.7 Å². The molecule has 0 N–H and O–H groups in total. The number of benzene rings is 1. The van der Waals surface area contributed by atoms with Crippen molar-refractivity contribution in [2.45, 2.75) is 62.8 Å². The molecule has 2 aliphatic heterocycles. The maximum atomic E-state index is 13.6. The van der Waals surface area contributed by atoms with Crippen LogP contribution in [0.3, 0.4) is 0 Å². The molecule has 4 aliphatic rings. The topological polar surface area (TPSA) is 49.9 Å². The lowest BCUT2D eigenvalue weighted by Crippen LogP contribution is -2.55. The summed E-state index contributed by atoms with van der Waals surface area (Å²) in [5, 5.41) is 0. The van der Waals surface area contributed by atoms with Crippen molar-refractivity contribution >= 4 is 11.8 Å². The molecule has 0 atom stereocenters. The van der Waals surface area contributed by atoms with Crippen molar-refractivity contribution in [2.75, 3.05) is 32.8 Å². The molecule has 2 amide bonds. The van der Waals surface area contributed by atoms with Crippen molar-refractivity contribution in [3.8, 4) is 0 Å². The minimum absolute atomic E-state index is 0.118. The standard InChI is InChI=1S/C24H32N2O3/c1-18-3-2-4-20(17-18)24(7-8-24)22(28)25-12-9-23(10-15-29-16-11-23)26(14-13-25)21(27)19-5-6-19/h2-4,17,19H,5-16H2,1H3. The highest BCUT2D eigenvalue weighted by Crippen LogP contribution is 2.50. The predicted octanol–water partition coefficient (Wildman–Crippen LogP) is 3.05. The Bertz CT molecular complexity index is 806. The highest BCUT2D eigenvalue weighted by Gasteiger charge is 2.54. The summed E-state index contributed by atoms with van der Waals surface area (Å²) in [6.07, 6.45) is 6.62. The lowest BCUT2D eigenvalue weighted by Gasteiger charge is -2.45. The number of carbonyl (C=O) groups is 2. The van der Waals surface area contributed by atoms with Gasteiger partial charge in [-0.05, 0) is 57.4 Å². The third-order valence-electron chi connectivity index (χ3n) is 7.65. The number of ether oxygens (including phenoxy) is 1. The summed E-state index contributed by atoms with van der Waals surface area (Å²) < 4.78 is 5.63. The van der Waals surface area contributed by atoms with Gasteiger partial charge in [0.15, 0.2) is 0 Å². The van der Waals surface area contributed by atoms with Gasteiger partial charge in [0.25, 0.3) is 0 Å². The SMILES string of the molecule is Cc1cccc(C2(C(=O)N3CCN(C(=O)C4CC4)C4(CCOCC4)CC3)CC2)c1. The number of amides is 2. The molecule has 5 rings (SSSR count). The number of aryl methyl sites for hydroxylation is 1. The quantitative estimate of drug-likeness (QED) is 0.789. The Hall–Kier alpha value is -1.88.